The second-order valence-corrected chi connectivity index (χ2v) is 11.9. The van der Waals surface area contributed by atoms with Crippen LogP contribution >= 0.6 is 0 Å². The molecule has 1 heterocycles. The Labute approximate surface area is 214 Å². The molecule has 37 heavy (non-hydrogen) atoms. The van der Waals surface area contributed by atoms with E-state index < -0.39 is 24.4 Å². The average Bonchev–Trinajstić information content (AvgIpc) is 3.15. The molecule has 2 saturated carbocycles. The molecule has 4 rings (SSSR count). The normalized spacial score (nSPS) is 35.5. The number of aliphatic hydroxyl groups excluding tert-OH is 1. The maximum absolute atomic E-state index is 13.1. The SMILES string of the molecule is C[C@H](CCCC(O)(C(F)(F)F)C(F)(F)F)[C@H]1CC[C@H]2/C(=C/[C@@H]3OOCC4=C3C[C@@H](O)CC4)CCC[C@]12C. The van der Waals surface area contributed by atoms with Crippen molar-refractivity contribution < 1.29 is 46.3 Å². The molecule has 0 radical (unpaired) electrons. The molecule has 6 atom stereocenters. The van der Waals surface area contributed by atoms with Crippen LogP contribution in [0.5, 0.6) is 0 Å². The minimum atomic E-state index is -5.77. The Morgan fingerprint density at radius 1 is 1.08 bits per heavy atom. The van der Waals surface area contributed by atoms with Crippen LogP contribution in [0.15, 0.2) is 22.8 Å². The third-order valence-corrected chi connectivity index (χ3v) is 9.66. The summed E-state index contributed by atoms with van der Waals surface area (Å²) in [6, 6.07) is 0. The Morgan fingerprint density at radius 3 is 2.46 bits per heavy atom. The molecule has 2 N–H and O–H groups in total. The molecule has 1 aliphatic heterocycles. The number of rotatable bonds is 6. The van der Waals surface area contributed by atoms with E-state index >= 15 is 0 Å². The zero-order valence-corrected chi connectivity index (χ0v) is 21.4. The number of fused-ring (bicyclic) bond motifs is 1. The maximum Gasteiger partial charge on any atom is 0.426 e. The van der Waals surface area contributed by atoms with E-state index in [1.165, 1.54) is 11.1 Å². The van der Waals surface area contributed by atoms with Crippen LogP contribution in [0.25, 0.3) is 0 Å². The first kappa shape index (κ1) is 28.9. The lowest BCUT2D eigenvalue weighted by Gasteiger charge is -2.45. The molecule has 0 amide bonds. The van der Waals surface area contributed by atoms with Crippen molar-refractivity contribution >= 4 is 0 Å². The smallest absolute Gasteiger partial charge is 0.393 e. The molecule has 10 heteroatoms. The summed E-state index contributed by atoms with van der Waals surface area (Å²) in [5.41, 5.74) is -1.23. The Morgan fingerprint density at radius 2 is 1.78 bits per heavy atom. The van der Waals surface area contributed by atoms with Crippen LogP contribution in [0.1, 0.15) is 84.5 Å². The summed E-state index contributed by atoms with van der Waals surface area (Å²) >= 11 is 0. The van der Waals surface area contributed by atoms with Crippen molar-refractivity contribution in [3.8, 4) is 0 Å². The van der Waals surface area contributed by atoms with Gasteiger partial charge in [0.2, 0.25) is 0 Å². The van der Waals surface area contributed by atoms with Gasteiger partial charge in [-0.1, -0.05) is 25.8 Å². The van der Waals surface area contributed by atoms with E-state index in [-0.39, 0.29) is 48.2 Å². The highest BCUT2D eigenvalue weighted by molar-refractivity contribution is 5.31. The molecule has 0 aromatic rings. The van der Waals surface area contributed by atoms with Gasteiger partial charge in [-0.3, -0.25) is 0 Å². The molecular weight excluding hydrogens is 502 g/mol. The predicted molar refractivity (Wildman–Crippen MR) is 124 cm³/mol. The summed E-state index contributed by atoms with van der Waals surface area (Å²) in [5, 5.41) is 19.7. The van der Waals surface area contributed by atoms with Crippen LogP contribution in [0.2, 0.25) is 0 Å². The molecule has 0 aromatic heterocycles. The number of allylic oxidation sites excluding steroid dienone is 1. The number of hydrogen-bond donors (Lipinski definition) is 2. The molecule has 0 saturated heterocycles. The van der Waals surface area contributed by atoms with Gasteiger partial charge in [0.25, 0.3) is 5.60 Å². The quantitative estimate of drug-likeness (QED) is 0.217. The molecule has 4 nitrogen and oxygen atoms in total. The summed E-state index contributed by atoms with van der Waals surface area (Å²) in [7, 11) is 0. The second kappa shape index (κ2) is 10.5. The minimum Gasteiger partial charge on any atom is -0.393 e. The number of alkyl halides is 6. The van der Waals surface area contributed by atoms with E-state index in [1.54, 1.807) is 0 Å². The Balaban J connectivity index is 1.44. The van der Waals surface area contributed by atoms with Crippen LogP contribution in [0.4, 0.5) is 26.3 Å². The van der Waals surface area contributed by atoms with Crippen LogP contribution < -0.4 is 0 Å². The number of halogens is 6. The third kappa shape index (κ3) is 5.50. The topological polar surface area (TPSA) is 58.9 Å². The van der Waals surface area contributed by atoms with E-state index in [0.29, 0.717) is 13.0 Å². The molecule has 0 unspecified atom stereocenters. The van der Waals surface area contributed by atoms with Gasteiger partial charge in [0.1, 0.15) is 12.7 Å². The van der Waals surface area contributed by atoms with Crippen LogP contribution in [0, 0.1) is 23.2 Å². The lowest BCUT2D eigenvalue weighted by atomic mass is 9.60. The van der Waals surface area contributed by atoms with Crippen molar-refractivity contribution in [2.45, 2.75) is 115 Å². The minimum absolute atomic E-state index is 0.0721. The van der Waals surface area contributed by atoms with Gasteiger partial charge >= 0.3 is 12.4 Å². The van der Waals surface area contributed by atoms with E-state index in [1.807, 2.05) is 6.92 Å². The van der Waals surface area contributed by atoms with Crippen molar-refractivity contribution in [1.82, 2.24) is 0 Å². The van der Waals surface area contributed by atoms with Crippen LogP contribution in [-0.4, -0.2) is 47.0 Å². The molecule has 0 aromatic carbocycles. The fraction of sp³-hybridized carbons (Fsp3) is 0.852. The van der Waals surface area contributed by atoms with Crippen molar-refractivity contribution in [3.63, 3.8) is 0 Å². The average molecular weight is 541 g/mol. The van der Waals surface area contributed by atoms with Gasteiger partial charge in [0.15, 0.2) is 0 Å². The summed E-state index contributed by atoms with van der Waals surface area (Å²) in [4.78, 5) is 11.0. The zero-order chi connectivity index (χ0) is 27.2. The summed E-state index contributed by atoms with van der Waals surface area (Å²) in [6.07, 6.45) is -5.02. The first-order valence-corrected chi connectivity index (χ1v) is 13.4. The first-order chi connectivity index (χ1) is 17.2. The zero-order valence-electron chi connectivity index (χ0n) is 21.4. The molecular formula is C27H38F6O4. The van der Waals surface area contributed by atoms with Gasteiger partial charge in [0.05, 0.1) is 6.10 Å². The van der Waals surface area contributed by atoms with E-state index in [9.17, 15) is 36.6 Å². The van der Waals surface area contributed by atoms with Crippen LogP contribution in [0.3, 0.4) is 0 Å². The van der Waals surface area contributed by atoms with Gasteiger partial charge < -0.3 is 10.2 Å². The predicted octanol–water partition coefficient (Wildman–Crippen LogP) is 6.96. The molecule has 3 aliphatic carbocycles. The van der Waals surface area contributed by atoms with Gasteiger partial charge in [-0.2, -0.15) is 26.3 Å². The third-order valence-electron chi connectivity index (χ3n) is 9.66. The monoisotopic (exact) mass is 540 g/mol. The summed E-state index contributed by atoms with van der Waals surface area (Å²) in [5.74, 6) is 0.358. The summed E-state index contributed by atoms with van der Waals surface area (Å²) in [6.45, 7) is 4.53. The Hall–Kier alpha value is -1.10. The molecule has 4 aliphatic rings. The Kier molecular flexibility index (Phi) is 8.18. The Bertz CT molecular complexity index is 880. The molecule has 0 bridgehead atoms. The highest BCUT2D eigenvalue weighted by atomic mass is 19.4. The molecule has 212 valence electrons. The van der Waals surface area contributed by atoms with Crippen molar-refractivity contribution in [2.24, 2.45) is 23.2 Å². The highest BCUT2D eigenvalue weighted by Crippen LogP contribution is 2.60. The fourth-order valence-corrected chi connectivity index (χ4v) is 7.58. The first-order valence-electron chi connectivity index (χ1n) is 13.4. The number of hydrogen-bond acceptors (Lipinski definition) is 4. The molecule has 2 fully saturated rings. The van der Waals surface area contributed by atoms with Crippen LogP contribution in [-0.2, 0) is 9.78 Å². The standard InChI is InChI=1S/C27H38F6O4/c1-16(5-3-12-25(35,26(28,29)30)27(31,32)33)21-9-10-22-17(6-4-11-24(21,22)2)13-23-20-14-19(34)8-7-18(20)15-36-37-23/h13,16,19,21-23,34-35H,3-12,14-15H2,1-2H3/b17-13+/t16-,19+,21-,22+,23+,24-/m1/s1. The van der Waals surface area contributed by atoms with Crippen molar-refractivity contribution in [1.29, 1.82) is 0 Å². The van der Waals surface area contributed by atoms with E-state index in [0.717, 1.165) is 50.5 Å². The maximum atomic E-state index is 13.1. The van der Waals surface area contributed by atoms with Gasteiger partial charge in [-0.25, -0.2) is 9.78 Å². The second-order valence-electron chi connectivity index (χ2n) is 11.9. The van der Waals surface area contributed by atoms with Gasteiger partial charge in [0, 0.05) is 0 Å². The number of aliphatic hydroxyl groups is 2. The van der Waals surface area contributed by atoms with Crippen molar-refractivity contribution in [3.05, 3.63) is 22.8 Å². The van der Waals surface area contributed by atoms with Gasteiger partial charge in [-0.05, 0) is 105 Å². The van der Waals surface area contributed by atoms with Crippen molar-refractivity contribution in [2.75, 3.05) is 6.61 Å². The highest BCUT2D eigenvalue weighted by Gasteiger charge is 2.69. The largest absolute Gasteiger partial charge is 0.426 e. The van der Waals surface area contributed by atoms with E-state index in [2.05, 4.69) is 13.0 Å². The molecule has 0 spiro atoms. The van der Waals surface area contributed by atoms with Gasteiger partial charge in [-0.15, -0.1) is 0 Å². The lowest BCUT2D eigenvalue weighted by Crippen LogP contribution is -2.56. The van der Waals surface area contributed by atoms with E-state index in [4.69, 9.17) is 9.78 Å². The summed E-state index contributed by atoms with van der Waals surface area (Å²) < 4.78 is 78.3. The fourth-order valence-electron chi connectivity index (χ4n) is 7.58. The lowest BCUT2D eigenvalue weighted by molar-refractivity contribution is -0.370.